The Morgan fingerprint density at radius 1 is 0.333 bits per heavy atom. The Morgan fingerprint density at radius 2 is 0.842 bits per heavy atom. The maximum atomic E-state index is 6.50. The third-order valence-corrected chi connectivity index (χ3v) is 11.7. The van der Waals surface area contributed by atoms with Gasteiger partial charge in [0.15, 0.2) is 23.3 Å². The number of para-hydroxylation sites is 1. The van der Waals surface area contributed by atoms with Gasteiger partial charge in [-0.2, -0.15) is 0 Å². The molecule has 266 valence electrons. The molecule has 0 atom stereocenters. The van der Waals surface area contributed by atoms with Crippen molar-refractivity contribution in [3.8, 4) is 56.8 Å². The van der Waals surface area contributed by atoms with Gasteiger partial charge < -0.3 is 8.83 Å². The molecule has 0 N–H and O–H groups in total. The third kappa shape index (κ3) is 5.22. The maximum Gasteiger partial charge on any atom is 0.164 e. The van der Waals surface area contributed by atoms with Gasteiger partial charge in [0, 0.05) is 59.4 Å². The summed E-state index contributed by atoms with van der Waals surface area (Å²) in [5.74, 6) is 2.40. The van der Waals surface area contributed by atoms with E-state index in [1.807, 2.05) is 97.1 Å². The molecule has 7 nitrogen and oxygen atoms in total. The van der Waals surface area contributed by atoms with Crippen LogP contribution in [0.3, 0.4) is 0 Å². The molecule has 0 fully saturated rings. The predicted octanol–water partition coefficient (Wildman–Crippen LogP) is 13.2. The van der Waals surface area contributed by atoms with E-state index in [-0.39, 0.29) is 0 Å². The highest BCUT2D eigenvalue weighted by atomic mass is 32.1. The van der Waals surface area contributed by atoms with Crippen LogP contribution in [0.15, 0.2) is 173 Å². The quantitative estimate of drug-likeness (QED) is 0.173. The SMILES string of the molecule is c1ccc(-c2nc(-c3ccc4oc5ccccc5c4c3)nc(-c3ccc4oc5cc(-c6nc(-c7ccccc7)c7sc8ccccc8c7n6)ccc5c4c3)n2)cc1. The van der Waals surface area contributed by atoms with Crippen LogP contribution in [-0.4, -0.2) is 24.9 Å². The van der Waals surface area contributed by atoms with E-state index < -0.39 is 0 Å². The van der Waals surface area contributed by atoms with Crippen molar-refractivity contribution in [2.24, 2.45) is 0 Å². The van der Waals surface area contributed by atoms with Gasteiger partial charge in [0.25, 0.3) is 0 Å². The van der Waals surface area contributed by atoms with E-state index >= 15 is 0 Å². The van der Waals surface area contributed by atoms with Crippen molar-refractivity contribution >= 4 is 75.5 Å². The van der Waals surface area contributed by atoms with Crippen molar-refractivity contribution in [2.45, 2.75) is 0 Å². The summed E-state index contributed by atoms with van der Waals surface area (Å²) in [7, 11) is 0. The first-order valence-corrected chi connectivity index (χ1v) is 19.5. The number of nitrogens with zero attached hydrogens (tertiary/aromatic N) is 5. The number of rotatable bonds is 5. The molecule has 7 aromatic carbocycles. The summed E-state index contributed by atoms with van der Waals surface area (Å²) in [6, 6.07) is 55.3. The molecule has 0 spiro atoms. The smallest absolute Gasteiger partial charge is 0.164 e. The monoisotopic (exact) mass is 749 g/mol. The zero-order valence-electron chi connectivity index (χ0n) is 30.0. The Labute approximate surface area is 328 Å². The molecule has 0 bridgehead atoms. The molecule has 0 unspecified atom stereocenters. The number of hydrogen-bond acceptors (Lipinski definition) is 8. The highest BCUT2D eigenvalue weighted by Crippen LogP contribution is 2.41. The van der Waals surface area contributed by atoms with Crippen molar-refractivity contribution in [3.63, 3.8) is 0 Å². The molecule has 0 saturated heterocycles. The molecular weight excluding hydrogens is 723 g/mol. The lowest BCUT2D eigenvalue weighted by molar-refractivity contribution is 0.668. The first kappa shape index (κ1) is 31.8. The van der Waals surface area contributed by atoms with Crippen LogP contribution in [0.5, 0.6) is 0 Å². The van der Waals surface area contributed by atoms with Gasteiger partial charge in [0.05, 0.1) is 15.9 Å². The van der Waals surface area contributed by atoms with Gasteiger partial charge in [-0.3, -0.25) is 0 Å². The molecule has 0 radical (unpaired) electrons. The van der Waals surface area contributed by atoms with Crippen molar-refractivity contribution in [1.82, 2.24) is 24.9 Å². The third-order valence-electron chi connectivity index (χ3n) is 10.6. The van der Waals surface area contributed by atoms with E-state index in [0.717, 1.165) is 93.0 Å². The second kappa shape index (κ2) is 12.5. The summed E-state index contributed by atoms with van der Waals surface area (Å²) < 4.78 is 14.9. The lowest BCUT2D eigenvalue weighted by atomic mass is 10.1. The van der Waals surface area contributed by atoms with Crippen LogP contribution >= 0.6 is 11.3 Å². The summed E-state index contributed by atoms with van der Waals surface area (Å²) in [5, 5.41) is 5.14. The van der Waals surface area contributed by atoms with E-state index in [1.54, 1.807) is 11.3 Å². The number of thiophene rings is 1. The fraction of sp³-hybridized carbons (Fsp3) is 0. The zero-order chi connectivity index (χ0) is 37.5. The summed E-state index contributed by atoms with van der Waals surface area (Å²) in [6.07, 6.45) is 0. The van der Waals surface area contributed by atoms with Crippen molar-refractivity contribution in [2.75, 3.05) is 0 Å². The average molecular weight is 750 g/mol. The van der Waals surface area contributed by atoms with E-state index in [1.165, 1.54) is 4.70 Å². The average Bonchev–Trinajstić information content (AvgIpc) is 3.97. The number of furan rings is 2. The van der Waals surface area contributed by atoms with E-state index in [9.17, 15) is 0 Å². The lowest BCUT2D eigenvalue weighted by Gasteiger charge is -2.08. The summed E-state index contributed by atoms with van der Waals surface area (Å²) in [4.78, 5) is 25.4. The van der Waals surface area contributed by atoms with Gasteiger partial charge in [-0.15, -0.1) is 11.3 Å². The van der Waals surface area contributed by atoms with Crippen molar-refractivity contribution < 1.29 is 8.83 Å². The molecular formula is C49H27N5O2S. The van der Waals surface area contributed by atoms with Crippen molar-refractivity contribution in [3.05, 3.63) is 164 Å². The standard InChI is InChI=1S/C49H27N5O2S/c1-3-11-28(12-4-1)43-45-44(35-16-8-10-18-42(35)57-45)51-47(50-43)32-19-22-34-37-26-31(21-24-40(37)56-41(34)27-32)49-53-46(29-13-5-2-6-14-29)52-48(54-49)30-20-23-39-36(25-30)33-15-7-9-17-38(33)55-39/h1-27H. The molecule has 0 amide bonds. The van der Waals surface area contributed by atoms with Crippen LogP contribution in [-0.2, 0) is 0 Å². The zero-order valence-corrected chi connectivity index (χ0v) is 30.9. The molecule has 5 aromatic heterocycles. The minimum Gasteiger partial charge on any atom is -0.456 e. The molecule has 8 heteroatoms. The fourth-order valence-electron chi connectivity index (χ4n) is 7.78. The van der Waals surface area contributed by atoms with Crippen LogP contribution in [0.4, 0.5) is 0 Å². The fourth-order valence-corrected chi connectivity index (χ4v) is 8.94. The van der Waals surface area contributed by atoms with Crippen LogP contribution in [0.2, 0.25) is 0 Å². The van der Waals surface area contributed by atoms with Crippen molar-refractivity contribution in [1.29, 1.82) is 0 Å². The van der Waals surface area contributed by atoms with Gasteiger partial charge in [0.1, 0.15) is 22.3 Å². The number of hydrogen-bond donors (Lipinski definition) is 0. The Hall–Kier alpha value is -7.55. The summed E-state index contributed by atoms with van der Waals surface area (Å²) >= 11 is 1.73. The van der Waals surface area contributed by atoms with E-state index in [4.69, 9.17) is 33.8 Å². The second-order valence-corrected chi connectivity index (χ2v) is 15.1. The highest BCUT2D eigenvalue weighted by Gasteiger charge is 2.19. The Balaban J connectivity index is 0.989. The van der Waals surface area contributed by atoms with Crippen LogP contribution in [0.25, 0.3) is 121 Å². The van der Waals surface area contributed by atoms with Crippen LogP contribution < -0.4 is 0 Å². The highest BCUT2D eigenvalue weighted by molar-refractivity contribution is 7.26. The molecule has 0 aliphatic carbocycles. The second-order valence-electron chi connectivity index (χ2n) is 14.0. The van der Waals surface area contributed by atoms with Gasteiger partial charge in [0.2, 0.25) is 0 Å². The largest absolute Gasteiger partial charge is 0.456 e. The predicted molar refractivity (Wildman–Crippen MR) is 230 cm³/mol. The molecule has 0 saturated carbocycles. The van der Waals surface area contributed by atoms with Crippen LogP contribution in [0.1, 0.15) is 0 Å². The number of benzene rings is 7. The molecule has 0 aliphatic heterocycles. The minimum atomic E-state index is 0.571. The van der Waals surface area contributed by atoms with Gasteiger partial charge in [-0.05, 0) is 60.7 Å². The summed E-state index contributed by atoms with van der Waals surface area (Å²) in [5.41, 5.74) is 9.66. The molecule has 5 heterocycles. The molecule has 12 rings (SSSR count). The summed E-state index contributed by atoms with van der Waals surface area (Å²) in [6.45, 7) is 0. The first-order valence-electron chi connectivity index (χ1n) is 18.7. The molecule has 0 aliphatic rings. The van der Waals surface area contributed by atoms with Crippen LogP contribution in [0, 0.1) is 0 Å². The normalized spacial score (nSPS) is 11.9. The topological polar surface area (TPSA) is 90.7 Å². The Bertz CT molecular complexity index is 3540. The van der Waals surface area contributed by atoms with Gasteiger partial charge in [-0.1, -0.05) is 103 Å². The minimum absolute atomic E-state index is 0.571. The lowest BCUT2D eigenvalue weighted by Crippen LogP contribution is -2.00. The molecule has 57 heavy (non-hydrogen) atoms. The van der Waals surface area contributed by atoms with E-state index in [0.29, 0.717) is 23.3 Å². The Kier molecular flexibility index (Phi) is 6.96. The maximum absolute atomic E-state index is 6.50. The van der Waals surface area contributed by atoms with E-state index in [2.05, 4.69) is 66.7 Å². The van der Waals surface area contributed by atoms with Gasteiger partial charge >= 0.3 is 0 Å². The van der Waals surface area contributed by atoms with Gasteiger partial charge in [-0.25, -0.2) is 24.9 Å². The first-order chi connectivity index (χ1) is 28.2. The molecule has 12 aromatic rings. The number of fused-ring (bicyclic) bond motifs is 9. The number of aromatic nitrogens is 5. The Morgan fingerprint density at radius 3 is 1.56 bits per heavy atom.